The largest absolute Gasteiger partial charge is 0.483 e. The van der Waals surface area contributed by atoms with Crippen molar-refractivity contribution < 1.29 is 14.3 Å². The third kappa shape index (κ3) is 5.84. The number of hydrogen-bond acceptors (Lipinski definition) is 3. The summed E-state index contributed by atoms with van der Waals surface area (Å²) < 4.78 is 5.77. The van der Waals surface area contributed by atoms with E-state index in [1.165, 1.54) is 4.90 Å². The maximum Gasteiger partial charge on any atom is 0.262 e. The van der Waals surface area contributed by atoms with E-state index in [2.05, 4.69) is 5.32 Å². The molecule has 5 nitrogen and oxygen atoms in total. The van der Waals surface area contributed by atoms with Crippen molar-refractivity contribution in [1.29, 1.82) is 0 Å². The van der Waals surface area contributed by atoms with E-state index in [1.807, 2.05) is 36.4 Å². The third-order valence-corrected chi connectivity index (χ3v) is 4.65. The summed E-state index contributed by atoms with van der Waals surface area (Å²) in [7, 11) is 3.36. The van der Waals surface area contributed by atoms with Gasteiger partial charge in [-0.15, -0.1) is 0 Å². The van der Waals surface area contributed by atoms with Crippen molar-refractivity contribution in [3.8, 4) is 5.75 Å². The summed E-state index contributed by atoms with van der Waals surface area (Å²) in [6.07, 6.45) is 0.646. The number of anilines is 1. The molecule has 30 heavy (non-hydrogen) atoms. The van der Waals surface area contributed by atoms with Gasteiger partial charge in [-0.25, -0.2) is 0 Å². The number of halogens is 1. The molecule has 0 bridgehead atoms. The summed E-state index contributed by atoms with van der Waals surface area (Å²) in [5, 5.41) is 3.38. The number of nitrogens with zero attached hydrogens (tertiary/aromatic N) is 1. The first kappa shape index (κ1) is 21.4. The molecule has 0 saturated heterocycles. The van der Waals surface area contributed by atoms with Crippen LogP contribution < -0.4 is 10.1 Å². The Morgan fingerprint density at radius 3 is 2.47 bits per heavy atom. The molecule has 0 aliphatic rings. The molecule has 0 aliphatic heterocycles. The minimum atomic E-state index is -0.315. The second-order valence-electron chi connectivity index (χ2n) is 7.03. The Hall–Kier alpha value is -3.31. The lowest BCUT2D eigenvalue weighted by molar-refractivity contribution is -0.118. The number of carbonyl (C=O) groups excluding carboxylic acids is 2. The lowest BCUT2D eigenvalue weighted by atomic mass is 10.0. The zero-order chi connectivity index (χ0) is 21.5. The Bertz CT molecular complexity index is 1040. The molecule has 0 heterocycles. The van der Waals surface area contributed by atoms with E-state index in [4.69, 9.17) is 16.3 Å². The quantitative estimate of drug-likeness (QED) is 0.603. The molecule has 3 aromatic rings. The van der Waals surface area contributed by atoms with Crippen LogP contribution in [0.1, 0.15) is 21.5 Å². The average Bonchev–Trinajstić information content (AvgIpc) is 2.73. The van der Waals surface area contributed by atoms with Crippen LogP contribution in [0.2, 0.25) is 5.02 Å². The van der Waals surface area contributed by atoms with Crippen LogP contribution in [0.15, 0.2) is 72.8 Å². The van der Waals surface area contributed by atoms with Crippen molar-refractivity contribution in [3.05, 3.63) is 94.5 Å². The van der Waals surface area contributed by atoms with Gasteiger partial charge in [0.15, 0.2) is 6.61 Å². The Balaban J connectivity index is 1.65. The smallest absolute Gasteiger partial charge is 0.262 e. The molecular formula is C24H23ClN2O3. The summed E-state index contributed by atoms with van der Waals surface area (Å²) in [5.41, 5.74) is 3.06. The molecule has 3 rings (SSSR count). The van der Waals surface area contributed by atoms with Crippen molar-refractivity contribution in [2.24, 2.45) is 0 Å². The number of amides is 2. The molecule has 154 valence electrons. The monoisotopic (exact) mass is 422 g/mol. The first-order valence-corrected chi connectivity index (χ1v) is 9.87. The normalized spacial score (nSPS) is 10.4. The van der Waals surface area contributed by atoms with E-state index in [0.29, 0.717) is 28.4 Å². The first-order valence-electron chi connectivity index (χ1n) is 9.49. The first-order chi connectivity index (χ1) is 14.4. The summed E-state index contributed by atoms with van der Waals surface area (Å²) in [4.78, 5) is 26.0. The molecular weight excluding hydrogens is 400 g/mol. The molecule has 2 amide bonds. The molecule has 1 N–H and O–H groups in total. The number of nitrogens with one attached hydrogen (secondary N) is 1. The van der Waals surface area contributed by atoms with Gasteiger partial charge in [0.1, 0.15) is 5.75 Å². The number of ether oxygens (including phenoxy) is 1. The zero-order valence-corrected chi connectivity index (χ0v) is 17.6. The van der Waals surface area contributed by atoms with E-state index in [0.717, 1.165) is 11.1 Å². The van der Waals surface area contributed by atoms with Crippen molar-refractivity contribution in [3.63, 3.8) is 0 Å². The predicted molar refractivity (Wildman–Crippen MR) is 119 cm³/mol. The minimum absolute atomic E-state index is 0.130. The van der Waals surface area contributed by atoms with Gasteiger partial charge in [0.2, 0.25) is 0 Å². The predicted octanol–water partition coefficient (Wildman–Crippen LogP) is 4.65. The fourth-order valence-corrected chi connectivity index (χ4v) is 3.17. The maximum absolute atomic E-state index is 12.4. The van der Waals surface area contributed by atoms with E-state index in [-0.39, 0.29) is 18.4 Å². The molecule has 0 fully saturated rings. The number of hydrogen-bond donors (Lipinski definition) is 1. The molecule has 3 aromatic carbocycles. The molecule has 0 aromatic heterocycles. The van der Waals surface area contributed by atoms with Gasteiger partial charge >= 0.3 is 0 Å². The Kier molecular flexibility index (Phi) is 7.09. The standard InChI is InChI=1S/C24H23ClN2O3/c1-27(2)24(29)18-9-6-10-21(15-18)26-23(28)16-30-22-12-11-20(25)14-19(22)13-17-7-4-3-5-8-17/h3-12,14-15H,13,16H2,1-2H3,(H,26,28). The number of benzene rings is 3. The summed E-state index contributed by atoms with van der Waals surface area (Å²) in [6.45, 7) is -0.157. The minimum Gasteiger partial charge on any atom is -0.483 e. The van der Waals surface area contributed by atoms with Gasteiger partial charge in [-0.1, -0.05) is 48.0 Å². The van der Waals surface area contributed by atoms with Gasteiger partial charge in [0, 0.05) is 36.8 Å². The van der Waals surface area contributed by atoms with Crippen molar-refractivity contribution >= 4 is 29.1 Å². The summed E-state index contributed by atoms with van der Waals surface area (Å²) >= 11 is 6.15. The molecule has 0 unspecified atom stereocenters. The van der Waals surface area contributed by atoms with Crippen LogP contribution in [0, 0.1) is 0 Å². The number of carbonyl (C=O) groups is 2. The lowest BCUT2D eigenvalue weighted by Crippen LogP contribution is -2.23. The van der Waals surface area contributed by atoms with Crippen molar-refractivity contribution in [1.82, 2.24) is 4.90 Å². The van der Waals surface area contributed by atoms with Crippen LogP contribution in [-0.4, -0.2) is 37.4 Å². The third-order valence-electron chi connectivity index (χ3n) is 4.42. The van der Waals surface area contributed by atoms with Crippen molar-refractivity contribution in [2.75, 3.05) is 26.0 Å². The fraction of sp³-hybridized carbons (Fsp3) is 0.167. The highest BCUT2D eigenvalue weighted by molar-refractivity contribution is 6.30. The second-order valence-corrected chi connectivity index (χ2v) is 7.47. The Labute approximate surface area is 181 Å². The topological polar surface area (TPSA) is 58.6 Å². The lowest BCUT2D eigenvalue weighted by Gasteiger charge is -2.13. The Morgan fingerprint density at radius 2 is 1.73 bits per heavy atom. The van der Waals surface area contributed by atoms with Crippen LogP contribution in [0.25, 0.3) is 0 Å². The van der Waals surface area contributed by atoms with Crippen LogP contribution in [-0.2, 0) is 11.2 Å². The molecule has 0 aliphatic carbocycles. The van der Waals surface area contributed by atoms with Crippen molar-refractivity contribution in [2.45, 2.75) is 6.42 Å². The van der Waals surface area contributed by atoms with Gasteiger partial charge in [-0.3, -0.25) is 9.59 Å². The van der Waals surface area contributed by atoms with Crippen LogP contribution >= 0.6 is 11.6 Å². The van der Waals surface area contributed by atoms with E-state index in [1.54, 1.807) is 50.5 Å². The SMILES string of the molecule is CN(C)C(=O)c1cccc(NC(=O)COc2ccc(Cl)cc2Cc2ccccc2)c1. The van der Waals surface area contributed by atoms with Gasteiger partial charge in [0.25, 0.3) is 11.8 Å². The molecule has 6 heteroatoms. The van der Waals surface area contributed by atoms with Crippen LogP contribution in [0.4, 0.5) is 5.69 Å². The highest BCUT2D eigenvalue weighted by atomic mass is 35.5. The molecule has 0 saturated carbocycles. The van der Waals surface area contributed by atoms with Gasteiger partial charge in [-0.2, -0.15) is 0 Å². The zero-order valence-electron chi connectivity index (χ0n) is 16.9. The highest BCUT2D eigenvalue weighted by Gasteiger charge is 2.11. The van der Waals surface area contributed by atoms with E-state index >= 15 is 0 Å². The van der Waals surface area contributed by atoms with E-state index < -0.39 is 0 Å². The van der Waals surface area contributed by atoms with E-state index in [9.17, 15) is 9.59 Å². The average molecular weight is 423 g/mol. The van der Waals surface area contributed by atoms with Gasteiger partial charge < -0.3 is 15.0 Å². The molecule has 0 radical (unpaired) electrons. The highest BCUT2D eigenvalue weighted by Crippen LogP contribution is 2.25. The van der Waals surface area contributed by atoms with Gasteiger partial charge in [0.05, 0.1) is 0 Å². The molecule has 0 atom stereocenters. The van der Waals surface area contributed by atoms with Crippen LogP contribution in [0.3, 0.4) is 0 Å². The van der Waals surface area contributed by atoms with Crippen LogP contribution in [0.5, 0.6) is 5.75 Å². The summed E-state index contributed by atoms with van der Waals surface area (Å²) in [6, 6.07) is 22.1. The fourth-order valence-electron chi connectivity index (χ4n) is 2.97. The second kappa shape index (κ2) is 9.94. The number of rotatable bonds is 7. The maximum atomic E-state index is 12.4. The summed E-state index contributed by atoms with van der Waals surface area (Å²) in [5.74, 6) is 0.161. The molecule has 0 spiro atoms. The van der Waals surface area contributed by atoms with Gasteiger partial charge in [-0.05, 0) is 47.5 Å². The Morgan fingerprint density at radius 1 is 0.967 bits per heavy atom.